The number of hydrogen-bond acceptors (Lipinski definition) is 4. The van der Waals surface area contributed by atoms with Gasteiger partial charge in [-0.05, 0) is 25.1 Å². The zero-order valence-corrected chi connectivity index (χ0v) is 10.8. The molecule has 0 spiro atoms. The quantitative estimate of drug-likeness (QED) is 0.888. The van der Waals surface area contributed by atoms with Gasteiger partial charge >= 0.3 is 0 Å². The van der Waals surface area contributed by atoms with E-state index in [0.717, 1.165) is 0 Å². The number of carbonyl (C=O) groups excluding carboxylic acids is 1. The minimum Gasteiger partial charge on any atom is -0.367 e. The van der Waals surface area contributed by atoms with Crippen molar-refractivity contribution in [3.8, 4) is 0 Å². The molecule has 2 rings (SSSR count). The van der Waals surface area contributed by atoms with Crippen LogP contribution in [0, 0.1) is 6.92 Å². The zero-order valence-electron chi connectivity index (χ0n) is 9.33. The van der Waals surface area contributed by atoms with E-state index in [0.29, 0.717) is 21.4 Å². The average molecular weight is 286 g/mol. The largest absolute Gasteiger partial charge is 0.367 e. The number of nitrogens with one attached hydrogen (secondary N) is 1. The molecule has 7 heteroatoms. The highest BCUT2D eigenvalue weighted by Crippen LogP contribution is 2.24. The summed E-state index contributed by atoms with van der Waals surface area (Å²) in [5.74, 6) is -0.456. The van der Waals surface area contributed by atoms with Crippen molar-refractivity contribution in [1.82, 2.24) is 5.16 Å². The number of halogens is 2. The molecule has 0 atom stereocenters. The van der Waals surface area contributed by atoms with Gasteiger partial charge in [0.15, 0.2) is 0 Å². The number of nitrogens with zero attached hydrogens (tertiary/aromatic N) is 1. The number of anilines is 2. The number of hydrogen-bond donors (Lipinski definition) is 2. The maximum atomic E-state index is 12.0. The molecule has 0 saturated carbocycles. The molecule has 5 nitrogen and oxygen atoms in total. The first-order valence-corrected chi connectivity index (χ1v) is 5.72. The van der Waals surface area contributed by atoms with Crippen LogP contribution in [0.3, 0.4) is 0 Å². The van der Waals surface area contributed by atoms with Gasteiger partial charge in [0, 0.05) is 15.7 Å². The van der Waals surface area contributed by atoms with Crippen molar-refractivity contribution < 1.29 is 9.32 Å². The number of amides is 1. The summed E-state index contributed by atoms with van der Waals surface area (Å²) >= 11 is 11.7. The van der Waals surface area contributed by atoms with Gasteiger partial charge in [0.2, 0.25) is 5.88 Å². The van der Waals surface area contributed by atoms with Crippen molar-refractivity contribution in [1.29, 1.82) is 0 Å². The van der Waals surface area contributed by atoms with Crippen molar-refractivity contribution in [2.75, 3.05) is 11.1 Å². The molecule has 0 radical (unpaired) electrons. The molecule has 94 valence electrons. The number of aryl methyl sites for hydroxylation is 1. The molecule has 0 saturated heterocycles. The number of rotatable bonds is 2. The zero-order chi connectivity index (χ0) is 13.3. The summed E-state index contributed by atoms with van der Waals surface area (Å²) < 4.78 is 4.72. The maximum absolute atomic E-state index is 12.0. The Labute approximate surface area is 113 Å². The monoisotopic (exact) mass is 285 g/mol. The fourth-order valence-electron chi connectivity index (χ4n) is 1.48. The first-order chi connectivity index (χ1) is 8.47. The van der Waals surface area contributed by atoms with E-state index in [1.165, 1.54) is 0 Å². The molecular formula is C11H9Cl2N3O2. The molecule has 1 aromatic heterocycles. The molecule has 1 heterocycles. The Morgan fingerprint density at radius 2 is 1.94 bits per heavy atom. The van der Waals surface area contributed by atoms with E-state index < -0.39 is 5.91 Å². The van der Waals surface area contributed by atoms with Gasteiger partial charge in [0.05, 0.1) is 5.69 Å². The molecule has 0 unspecified atom stereocenters. The normalized spacial score (nSPS) is 10.4. The second kappa shape index (κ2) is 4.88. The van der Waals surface area contributed by atoms with Crippen LogP contribution in [0.2, 0.25) is 10.0 Å². The molecule has 18 heavy (non-hydrogen) atoms. The summed E-state index contributed by atoms with van der Waals surface area (Å²) in [5, 5.41) is 7.07. The fourth-order valence-corrected chi connectivity index (χ4v) is 2.01. The summed E-state index contributed by atoms with van der Waals surface area (Å²) in [7, 11) is 0. The lowest BCUT2D eigenvalue weighted by atomic mass is 10.2. The number of benzene rings is 1. The third-order valence-electron chi connectivity index (χ3n) is 2.24. The van der Waals surface area contributed by atoms with Crippen LogP contribution in [0.4, 0.5) is 11.6 Å². The summed E-state index contributed by atoms with van der Waals surface area (Å²) in [6.45, 7) is 1.62. The number of nitrogens with two attached hydrogens (primary N) is 1. The molecule has 1 amide bonds. The molecule has 0 aliphatic carbocycles. The lowest BCUT2D eigenvalue weighted by Gasteiger charge is -2.05. The SMILES string of the molecule is Cc1noc(N)c1C(=O)Nc1cc(Cl)cc(Cl)c1. The van der Waals surface area contributed by atoms with Crippen molar-refractivity contribution in [3.63, 3.8) is 0 Å². The van der Waals surface area contributed by atoms with Crippen molar-refractivity contribution >= 4 is 40.7 Å². The topological polar surface area (TPSA) is 81.2 Å². The smallest absolute Gasteiger partial charge is 0.263 e. The first kappa shape index (κ1) is 12.7. The van der Waals surface area contributed by atoms with Crippen LogP contribution in [0.25, 0.3) is 0 Å². The van der Waals surface area contributed by atoms with Crippen molar-refractivity contribution in [2.24, 2.45) is 0 Å². The van der Waals surface area contributed by atoms with E-state index in [1.807, 2.05) is 0 Å². The van der Waals surface area contributed by atoms with Gasteiger partial charge in [-0.1, -0.05) is 28.4 Å². The van der Waals surface area contributed by atoms with Gasteiger partial charge in [-0.3, -0.25) is 4.79 Å². The first-order valence-electron chi connectivity index (χ1n) is 4.96. The van der Waals surface area contributed by atoms with E-state index in [-0.39, 0.29) is 11.4 Å². The number of aromatic nitrogens is 1. The van der Waals surface area contributed by atoms with Gasteiger partial charge in [-0.25, -0.2) is 0 Å². The number of nitrogen functional groups attached to an aromatic ring is 1. The standard InChI is InChI=1S/C11H9Cl2N3O2/c1-5-9(10(14)18-16-5)11(17)15-8-3-6(12)2-7(13)4-8/h2-4H,14H2,1H3,(H,15,17). The predicted octanol–water partition coefficient (Wildman–Crippen LogP) is 3.12. The van der Waals surface area contributed by atoms with E-state index in [2.05, 4.69) is 10.5 Å². The van der Waals surface area contributed by atoms with Crippen LogP contribution in [-0.2, 0) is 0 Å². The van der Waals surface area contributed by atoms with E-state index >= 15 is 0 Å². The van der Waals surface area contributed by atoms with Gasteiger partial charge in [0.25, 0.3) is 5.91 Å². The van der Waals surface area contributed by atoms with Crippen LogP contribution in [0.5, 0.6) is 0 Å². The summed E-state index contributed by atoms with van der Waals surface area (Å²) in [5.41, 5.74) is 6.60. The minimum absolute atomic E-state index is 0.0295. The molecule has 0 fully saturated rings. The summed E-state index contributed by atoms with van der Waals surface area (Å²) in [4.78, 5) is 12.0. The molecule has 3 N–H and O–H groups in total. The molecule has 0 aliphatic heterocycles. The Balaban J connectivity index is 2.27. The highest BCUT2D eigenvalue weighted by atomic mass is 35.5. The van der Waals surface area contributed by atoms with Crippen LogP contribution in [-0.4, -0.2) is 11.1 Å². The average Bonchev–Trinajstić information content (AvgIpc) is 2.56. The van der Waals surface area contributed by atoms with Crippen LogP contribution >= 0.6 is 23.2 Å². The second-order valence-electron chi connectivity index (χ2n) is 3.62. The Morgan fingerprint density at radius 1 is 1.33 bits per heavy atom. The van der Waals surface area contributed by atoms with Gasteiger partial charge < -0.3 is 15.6 Å². The van der Waals surface area contributed by atoms with Crippen LogP contribution in [0.1, 0.15) is 16.1 Å². The Hall–Kier alpha value is -1.72. The Bertz CT molecular complexity index is 571. The molecule has 2 aromatic rings. The third-order valence-corrected chi connectivity index (χ3v) is 2.67. The maximum Gasteiger partial charge on any atom is 0.263 e. The van der Waals surface area contributed by atoms with Gasteiger partial charge in [-0.2, -0.15) is 0 Å². The van der Waals surface area contributed by atoms with Gasteiger partial charge in [-0.15, -0.1) is 0 Å². The molecule has 0 aliphatic rings. The van der Waals surface area contributed by atoms with Crippen molar-refractivity contribution in [3.05, 3.63) is 39.5 Å². The lowest BCUT2D eigenvalue weighted by Crippen LogP contribution is -2.14. The second-order valence-corrected chi connectivity index (χ2v) is 4.49. The lowest BCUT2D eigenvalue weighted by molar-refractivity contribution is 0.102. The molecule has 0 bridgehead atoms. The van der Waals surface area contributed by atoms with E-state index in [4.69, 9.17) is 33.5 Å². The van der Waals surface area contributed by atoms with Gasteiger partial charge in [0.1, 0.15) is 5.56 Å². The highest BCUT2D eigenvalue weighted by Gasteiger charge is 2.18. The van der Waals surface area contributed by atoms with E-state index in [1.54, 1.807) is 25.1 Å². The van der Waals surface area contributed by atoms with E-state index in [9.17, 15) is 4.79 Å². The third kappa shape index (κ3) is 2.57. The molecule has 1 aromatic carbocycles. The predicted molar refractivity (Wildman–Crippen MR) is 70.1 cm³/mol. The molecular weight excluding hydrogens is 277 g/mol. The summed E-state index contributed by atoms with van der Waals surface area (Å²) in [6.07, 6.45) is 0. The summed E-state index contributed by atoms with van der Waals surface area (Å²) in [6, 6.07) is 4.71. The Morgan fingerprint density at radius 3 is 2.44 bits per heavy atom. The van der Waals surface area contributed by atoms with Crippen LogP contribution < -0.4 is 11.1 Å². The van der Waals surface area contributed by atoms with Crippen LogP contribution in [0.15, 0.2) is 22.7 Å². The Kier molecular flexibility index (Phi) is 3.45. The number of carbonyl (C=O) groups is 1. The fraction of sp³-hybridized carbons (Fsp3) is 0.0909. The highest BCUT2D eigenvalue weighted by molar-refractivity contribution is 6.35. The van der Waals surface area contributed by atoms with Crippen molar-refractivity contribution in [2.45, 2.75) is 6.92 Å². The minimum atomic E-state index is -0.426.